The lowest BCUT2D eigenvalue weighted by molar-refractivity contribution is 0.182. The molecule has 4 heteroatoms. The van der Waals surface area contributed by atoms with Crippen molar-refractivity contribution in [2.75, 3.05) is 14.2 Å². The van der Waals surface area contributed by atoms with Crippen molar-refractivity contribution in [2.45, 2.75) is 19.4 Å². The van der Waals surface area contributed by atoms with Gasteiger partial charge in [-0.05, 0) is 26.0 Å². The van der Waals surface area contributed by atoms with Crippen molar-refractivity contribution in [3.63, 3.8) is 0 Å². The highest BCUT2D eigenvalue weighted by Crippen LogP contribution is 2.01. The first-order chi connectivity index (χ1) is 7.60. The topological polar surface area (TPSA) is 64.3 Å². The SMILES string of the molecule is CNC(C)Cc1ccccc1.COC(N)=O. The van der Waals surface area contributed by atoms with Gasteiger partial charge in [0, 0.05) is 6.04 Å². The van der Waals surface area contributed by atoms with Gasteiger partial charge in [-0.2, -0.15) is 0 Å². The molecule has 0 heterocycles. The number of carbonyl (C=O) groups excluding carboxylic acids is 1. The van der Waals surface area contributed by atoms with Crippen LogP contribution in [0.15, 0.2) is 30.3 Å². The van der Waals surface area contributed by atoms with Gasteiger partial charge in [0.05, 0.1) is 7.11 Å². The normalized spacial score (nSPS) is 10.9. The van der Waals surface area contributed by atoms with Crippen molar-refractivity contribution in [3.05, 3.63) is 35.9 Å². The molecule has 0 aliphatic carbocycles. The molecule has 0 aromatic heterocycles. The summed E-state index contributed by atoms with van der Waals surface area (Å²) in [5.41, 5.74) is 5.83. The van der Waals surface area contributed by atoms with E-state index in [9.17, 15) is 4.79 Å². The first-order valence-electron chi connectivity index (χ1n) is 5.14. The van der Waals surface area contributed by atoms with Crippen LogP contribution in [-0.2, 0) is 11.2 Å². The second kappa shape index (κ2) is 8.73. The molecule has 0 bridgehead atoms. The Morgan fingerprint density at radius 2 is 1.94 bits per heavy atom. The van der Waals surface area contributed by atoms with Gasteiger partial charge in [-0.15, -0.1) is 0 Å². The first-order valence-corrected chi connectivity index (χ1v) is 5.14. The van der Waals surface area contributed by atoms with Crippen molar-refractivity contribution in [3.8, 4) is 0 Å². The lowest BCUT2D eigenvalue weighted by atomic mass is 10.1. The number of hydrogen-bond donors (Lipinski definition) is 2. The fraction of sp³-hybridized carbons (Fsp3) is 0.417. The Labute approximate surface area is 96.8 Å². The molecule has 1 amide bonds. The van der Waals surface area contributed by atoms with Crippen LogP contribution < -0.4 is 11.1 Å². The zero-order valence-corrected chi connectivity index (χ0v) is 10.1. The zero-order chi connectivity index (χ0) is 12.4. The maximum Gasteiger partial charge on any atom is 0.404 e. The zero-order valence-electron chi connectivity index (χ0n) is 10.1. The van der Waals surface area contributed by atoms with E-state index in [-0.39, 0.29) is 0 Å². The van der Waals surface area contributed by atoms with E-state index >= 15 is 0 Å². The molecule has 90 valence electrons. The highest BCUT2D eigenvalue weighted by atomic mass is 16.5. The van der Waals surface area contributed by atoms with Crippen molar-refractivity contribution >= 4 is 6.09 Å². The van der Waals surface area contributed by atoms with Crippen LogP contribution >= 0.6 is 0 Å². The molecule has 0 aliphatic rings. The third-order valence-corrected chi connectivity index (χ3v) is 2.08. The monoisotopic (exact) mass is 224 g/mol. The van der Waals surface area contributed by atoms with Crippen LogP contribution in [0.25, 0.3) is 0 Å². The number of likely N-dealkylation sites (N-methyl/N-ethyl adjacent to an activating group) is 1. The number of amides is 1. The summed E-state index contributed by atoms with van der Waals surface area (Å²) in [5.74, 6) is 0. The summed E-state index contributed by atoms with van der Waals surface area (Å²) in [6.07, 6.45) is 0.363. The second-order valence-corrected chi connectivity index (χ2v) is 3.40. The Bertz CT molecular complexity index is 288. The van der Waals surface area contributed by atoms with Crippen LogP contribution in [0.5, 0.6) is 0 Å². The van der Waals surface area contributed by atoms with E-state index in [1.807, 2.05) is 13.1 Å². The molecular weight excluding hydrogens is 204 g/mol. The van der Waals surface area contributed by atoms with Gasteiger partial charge in [0.25, 0.3) is 0 Å². The maximum atomic E-state index is 9.37. The summed E-state index contributed by atoms with van der Waals surface area (Å²) in [7, 11) is 3.22. The van der Waals surface area contributed by atoms with Gasteiger partial charge >= 0.3 is 6.09 Å². The molecule has 0 spiro atoms. The van der Waals surface area contributed by atoms with Crippen molar-refractivity contribution in [2.24, 2.45) is 5.73 Å². The van der Waals surface area contributed by atoms with Crippen molar-refractivity contribution < 1.29 is 9.53 Å². The van der Waals surface area contributed by atoms with Crippen LogP contribution in [-0.4, -0.2) is 26.3 Å². The number of hydrogen-bond acceptors (Lipinski definition) is 3. The largest absolute Gasteiger partial charge is 0.453 e. The number of rotatable bonds is 3. The highest BCUT2D eigenvalue weighted by Gasteiger charge is 1.97. The third kappa shape index (κ3) is 7.82. The van der Waals surface area contributed by atoms with E-state index in [0.29, 0.717) is 6.04 Å². The van der Waals surface area contributed by atoms with E-state index in [1.165, 1.54) is 12.7 Å². The number of nitrogens with two attached hydrogens (primary N) is 1. The Balaban J connectivity index is 0.000000385. The standard InChI is InChI=1S/C10H15N.C2H5NO2/c1-9(11-2)8-10-6-4-3-5-7-10;1-5-2(3)4/h3-7,9,11H,8H2,1-2H3;1H3,(H2,3,4). The minimum atomic E-state index is -0.745. The van der Waals surface area contributed by atoms with Crippen LogP contribution in [0.4, 0.5) is 4.79 Å². The van der Waals surface area contributed by atoms with E-state index in [4.69, 9.17) is 0 Å². The summed E-state index contributed by atoms with van der Waals surface area (Å²) in [6.45, 7) is 2.19. The smallest absolute Gasteiger partial charge is 0.404 e. The van der Waals surface area contributed by atoms with Gasteiger partial charge < -0.3 is 15.8 Å². The third-order valence-electron chi connectivity index (χ3n) is 2.08. The Morgan fingerprint density at radius 1 is 1.44 bits per heavy atom. The van der Waals surface area contributed by atoms with Gasteiger partial charge in [-0.25, -0.2) is 4.79 Å². The predicted molar refractivity (Wildman–Crippen MR) is 65.3 cm³/mol. The summed E-state index contributed by atoms with van der Waals surface area (Å²) >= 11 is 0. The molecule has 0 aliphatic heterocycles. The Hall–Kier alpha value is -1.55. The number of benzene rings is 1. The summed E-state index contributed by atoms with van der Waals surface area (Å²) in [4.78, 5) is 9.37. The minimum absolute atomic E-state index is 0.567. The maximum absolute atomic E-state index is 9.37. The van der Waals surface area contributed by atoms with E-state index in [0.717, 1.165) is 6.42 Å². The lowest BCUT2D eigenvalue weighted by Crippen LogP contribution is -2.23. The van der Waals surface area contributed by atoms with Crippen molar-refractivity contribution in [1.29, 1.82) is 0 Å². The molecule has 4 nitrogen and oxygen atoms in total. The van der Waals surface area contributed by atoms with Gasteiger partial charge in [-0.3, -0.25) is 0 Å². The fourth-order valence-electron chi connectivity index (χ4n) is 1.07. The van der Waals surface area contributed by atoms with Gasteiger partial charge in [0.2, 0.25) is 0 Å². The quantitative estimate of drug-likeness (QED) is 0.818. The minimum Gasteiger partial charge on any atom is -0.453 e. The summed E-state index contributed by atoms with van der Waals surface area (Å²) < 4.78 is 3.89. The number of nitrogens with one attached hydrogen (secondary N) is 1. The molecule has 1 unspecified atom stereocenters. The van der Waals surface area contributed by atoms with Gasteiger partial charge in [0.15, 0.2) is 0 Å². The van der Waals surface area contributed by atoms with Crippen molar-refractivity contribution in [1.82, 2.24) is 5.32 Å². The number of primary amides is 1. The molecule has 0 saturated heterocycles. The molecule has 1 atom stereocenters. The first kappa shape index (κ1) is 14.5. The van der Waals surface area contributed by atoms with Crippen LogP contribution in [0, 0.1) is 0 Å². The lowest BCUT2D eigenvalue weighted by Gasteiger charge is -2.08. The van der Waals surface area contributed by atoms with Crippen LogP contribution in [0.1, 0.15) is 12.5 Å². The summed E-state index contributed by atoms with van der Waals surface area (Å²) in [5, 5.41) is 3.21. The second-order valence-electron chi connectivity index (χ2n) is 3.40. The van der Waals surface area contributed by atoms with Gasteiger partial charge in [0.1, 0.15) is 0 Å². The predicted octanol–water partition coefficient (Wildman–Crippen LogP) is 1.55. The molecule has 3 N–H and O–H groups in total. The van der Waals surface area contributed by atoms with Crippen LogP contribution in [0.2, 0.25) is 0 Å². The molecule has 1 aromatic rings. The fourth-order valence-corrected chi connectivity index (χ4v) is 1.07. The van der Waals surface area contributed by atoms with E-state index < -0.39 is 6.09 Å². The molecule has 0 saturated carbocycles. The molecule has 1 rings (SSSR count). The molecular formula is C12H20N2O2. The molecule has 0 fully saturated rings. The average molecular weight is 224 g/mol. The molecule has 0 radical (unpaired) electrons. The molecule has 1 aromatic carbocycles. The number of carbonyl (C=O) groups is 1. The van der Waals surface area contributed by atoms with E-state index in [1.54, 1.807) is 0 Å². The Morgan fingerprint density at radius 3 is 2.31 bits per heavy atom. The number of ether oxygens (including phenoxy) is 1. The van der Waals surface area contributed by atoms with Crippen LogP contribution in [0.3, 0.4) is 0 Å². The van der Waals surface area contributed by atoms with Gasteiger partial charge in [-0.1, -0.05) is 30.3 Å². The number of methoxy groups -OCH3 is 1. The molecule has 16 heavy (non-hydrogen) atoms. The Kier molecular flexibility index (Phi) is 7.89. The highest BCUT2D eigenvalue weighted by molar-refractivity contribution is 5.64. The summed E-state index contributed by atoms with van der Waals surface area (Å²) in [6, 6.07) is 11.1. The average Bonchev–Trinajstić information content (AvgIpc) is 2.31. The van der Waals surface area contributed by atoms with E-state index in [2.05, 4.69) is 47.0 Å².